The number of likely N-dealkylation sites (tertiary alicyclic amines) is 1. The van der Waals surface area contributed by atoms with Crippen LogP contribution >= 0.6 is 23.2 Å². The minimum Gasteiger partial charge on any atom is -0.368 e. The molecule has 0 radical (unpaired) electrons. The highest BCUT2D eigenvalue weighted by atomic mass is 35.5. The summed E-state index contributed by atoms with van der Waals surface area (Å²) in [6.07, 6.45) is 3.90. The van der Waals surface area contributed by atoms with Crippen LogP contribution in [0.2, 0.25) is 10.0 Å². The molecule has 1 unspecified atom stereocenters. The molecule has 1 aromatic carbocycles. The number of benzene rings is 1. The molecule has 1 aromatic rings. The van der Waals surface area contributed by atoms with Crippen molar-refractivity contribution in [1.29, 1.82) is 0 Å². The molecule has 4 rings (SSSR count). The largest absolute Gasteiger partial charge is 0.368 e. The molecule has 6 nitrogen and oxygen atoms in total. The lowest BCUT2D eigenvalue weighted by molar-refractivity contribution is -0.137. The van der Waals surface area contributed by atoms with Crippen molar-refractivity contribution in [3.63, 3.8) is 0 Å². The molecule has 1 aliphatic carbocycles. The Labute approximate surface area is 175 Å². The van der Waals surface area contributed by atoms with Crippen molar-refractivity contribution in [1.82, 2.24) is 15.1 Å². The molecule has 0 aromatic heterocycles. The molecule has 2 saturated heterocycles. The molecular weight excluding hydrogens is 399 g/mol. The van der Waals surface area contributed by atoms with Gasteiger partial charge in [0.1, 0.15) is 0 Å². The number of carbonyl (C=O) groups is 2. The number of anilines is 1. The van der Waals surface area contributed by atoms with Gasteiger partial charge in [0.05, 0.1) is 16.0 Å². The summed E-state index contributed by atoms with van der Waals surface area (Å²) in [4.78, 5) is 31.3. The van der Waals surface area contributed by atoms with Gasteiger partial charge in [-0.15, -0.1) is 0 Å². The molecule has 1 atom stereocenters. The van der Waals surface area contributed by atoms with Crippen molar-refractivity contribution in [3.8, 4) is 0 Å². The van der Waals surface area contributed by atoms with Gasteiger partial charge in [-0.25, -0.2) is 4.79 Å². The van der Waals surface area contributed by atoms with Crippen molar-refractivity contribution in [2.45, 2.75) is 31.7 Å². The first-order valence-electron chi connectivity index (χ1n) is 10.1. The number of nitrogens with zero attached hydrogens (tertiary/aromatic N) is 3. The number of hydrogen-bond acceptors (Lipinski definition) is 3. The molecule has 2 heterocycles. The van der Waals surface area contributed by atoms with Crippen molar-refractivity contribution < 1.29 is 9.59 Å². The Morgan fingerprint density at radius 3 is 2.36 bits per heavy atom. The first-order valence-corrected chi connectivity index (χ1v) is 10.8. The molecule has 2 aliphatic heterocycles. The lowest BCUT2D eigenvalue weighted by Crippen LogP contribution is -2.54. The second-order valence-electron chi connectivity index (χ2n) is 7.92. The fourth-order valence-electron chi connectivity index (χ4n) is 3.98. The van der Waals surface area contributed by atoms with Gasteiger partial charge >= 0.3 is 6.03 Å². The van der Waals surface area contributed by atoms with Crippen LogP contribution in [0.25, 0.3) is 0 Å². The van der Waals surface area contributed by atoms with Gasteiger partial charge in [0.2, 0.25) is 5.91 Å². The Hall–Kier alpha value is -1.66. The van der Waals surface area contributed by atoms with Gasteiger partial charge in [-0.1, -0.05) is 23.2 Å². The summed E-state index contributed by atoms with van der Waals surface area (Å²) in [5, 5.41) is 4.12. The van der Waals surface area contributed by atoms with E-state index in [1.165, 1.54) is 0 Å². The quantitative estimate of drug-likeness (QED) is 0.809. The summed E-state index contributed by atoms with van der Waals surface area (Å²) in [5.41, 5.74) is 1.03. The van der Waals surface area contributed by atoms with Gasteiger partial charge < -0.3 is 20.0 Å². The third-order valence-electron chi connectivity index (χ3n) is 5.82. The molecule has 0 spiro atoms. The summed E-state index contributed by atoms with van der Waals surface area (Å²) >= 11 is 12.1. The van der Waals surface area contributed by atoms with Crippen molar-refractivity contribution in [2.24, 2.45) is 5.92 Å². The number of amides is 3. The lowest BCUT2D eigenvalue weighted by atomic mass is 9.96. The van der Waals surface area contributed by atoms with Gasteiger partial charge in [0.15, 0.2) is 0 Å². The van der Waals surface area contributed by atoms with Crippen LogP contribution in [0, 0.1) is 5.92 Å². The van der Waals surface area contributed by atoms with E-state index in [9.17, 15) is 9.59 Å². The number of hydrogen-bond donors (Lipinski definition) is 1. The maximum atomic E-state index is 13.0. The molecule has 3 aliphatic rings. The maximum absolute atomic E-state index is 13.0. The van der Waals surface area contributed by atoms with E-state index in [-0.39, 0.29) is 17.9 Å². The van der Waals surface area contributed by atoms with Gasteiger partial charge in [-0.05, 0) is 43.9 Å². The highest BCUT2D eigenvalue weighted by molar-refractivity contribution is 6.42. The van der Waals surface area contributed by atoms with Crippen LogP contribution in [0.5, 0.6) is 0 Å². The lowest BCUT2D eigenvalue weighted by Gasteiger charge is -2.39. The van der Waals surface area contributed by atoms with E-state index in [2.05, 4.69) is 10.2 Å². The van der Waals surface area contributed by atoms with E-state index in [0.29, 0.717) is 35.7 Å². The number of urea groups is 1. The number of rotatable bonds is 3. The first-order chi connectivity index (χ1) is 13.5. The summed E-state index contributed by atoms with van der Waals surface area (Å²) in [5.74, 6) is 0.0907. The molecule has 3 amide bonds. The average Bonchev–Trinajstić information content (AvgIpc) is 3.54. The molecule has 3 fully saturated rings. The van der Waals surface area contributed by atoms with Crippen LogP contribution in [0.15, 0.2) is 18.2 Å². The van der Waals surface area contributed by atoms with Crippen molar-refractivity contribution in [3.05, 3.63) is 28.2 Å². The highest BCUT2D eigenvalue weighted by Crippen LogP contribution is 2.28. The number of halogens is 2. The smallest absolute Gasteiger partial charge is 0.317 e. The molecule has 0 bridgehead atoms. The zero-order valence-electron chi connectivity index (χ0n) is 15.9. The number of piperazine rings is 1. The van der Waals surface area contributed by atoms with Crippen LogP contribution in [-0.2, 0) is 4.79 Å². The van der Waals surface area contributed by atoms with Gasteiger partial charge in [-0.2, -0.15) is 0 Å². The standard InChI is InChI=1S/C20H26Cl2N4O2/c21-17-6-5-16(12-18(17)22)24-8-10-25(11-9-24)19(27)14-2-1-7-26(13-14)20(28)23-15-3-4-15/h5-6,12,14-15H,1-4,7-11,13H2,(H,23,28). The predicted molar refractivity (Wildman–Crippen MR) is 111 cm³/mol. The summed E-state index contributed by atoms with van der Waals surface area (Å²) in [6, 6.07) is 5.98. The van der Waals surface area contributed by atoms with Crippen molar-refractivity contribution in [2.75, 3.05) is 44.2 Å². The van der Waals surface area contributed by atoms with Crippen LogP contribution in [0.4, 0.5) is 10.5 Å². The van der Waals surface area contributed by atoms with E-state index < -0.39 is 0 Å². The zero-order valence-corrected chi connectivity index (χ0v) is 17.4. The predicted octanol–water partition coefficient (Wildman–Crippen LogP) is 3.23. The van der Waals surface area contributed by atoms with Crippen LogP contribution in [0.3, 0.4) is 0 Å². The SMILES string of the molecule is O=C(NC1CC1)N1CCCC(C(=O)N2CCN(c3ccc(Cl)c(Cl)c3)CC2)C1. The molecule has 1 N–H and O–H groups in total. The number of carbonyl (C=O) groups excluding carboxylic acids is 2. The average molecular weight is 425 g/mol. The minimum absolute atomic E-state index is 0.00978. The van der Waals surface area contributed by atoms with E-state index in [4.69, 9.17) is 23.2 Å². The van der Waals surface area contributed by atoms with Crippen LogP contribution in [-0.4, -0.2) is 67.0 Å². The van der Waals surface area contributed by atoms with Crippen LogP contribution < -0.4 is 10.2 Å². The van der Waals surface area contributed by atoms with Crippen molar-refractivity contribution >= 4 is 40.8 Å². The molecule has 28 heavy (non-hydrogen) atoms. The Kier molecular flexibility index (Phi) is 5.88. The number of piperidine rings is 1. The summed E-state index contributed by atoms with van der Waals surface area (Å²) in [7, 11) is 0. The maximum Gasteiger partial charge on any atom is 0.317 e. The molecule has 152 valence electrons. The summed E-state index contributed by atoms with van der Waals surface area (Å²) < 4.78 is 0. The van der Waals surface area contributed by atoms with E-state index in [1.54, 1.807) is 6.07 Å². The van der Waals surface area contributed by atoms with Crippen LogP contribution in [0.1, 0.15) is 25.7 Å². The zero-order chi connectivity index (χ0) is 19.7. The normalized spacial score (nSPS) is 22.9. The van der Waals surface area contributed by atoms with Gasteiger partial charge in [-0.3, -0.25) is 4.79 Å². The Balaban J connectivity index is 1.30. The highest BCUT2D eigenvalue weighted by Gasteiger charge is 2.34. The third kappa shape index (κ3) is 4.49. The number of nitrogens with one attached hydrogen (secondary N) is 1. The molecule has 1 saturated carbocycles. The second-order valence-corrected chi connectivity index (χ2v) is 8.73. The fraction of sp³-hybridized carbons (Fsp3) is 0.600. The van der Waals surface area contributed by atoms with Gasteiger partial charge in [0.25, 0.3) is 0 Å². The Morgan fingerprint density at radius 2 is 1.68 bits per heavy atom. The molecule has 8 heteroatoms. The first kappa shape index (κ1) is 19.6. The van der Waals surface area contributed by atoms with E-state index in [0.717, 1.165) is 51.0 Å². The Bertz CT molecular complexity index is 748. The Morgan fingerprint density at radius 1 is 0.929 bits per heavy atom. The minimum atomic E-state index is -0.0878. The fourth-order valence-corrected chi connectivity index (χ4v) is 4.27. The third-order valence-corrected chi connectivity index (χ3v) is 6.56. The van der Waals surface area contributed by atoms with E-state index >= 15 is 0 Å². The van der Waals surface area contributed by atoms with E-state index in [1.807, 2.05) is 21.9 Å². The van der Waals surface area contributed by atoms with Gasteiger partial charge in [0, 0.05) is 51.0 Å². The molecular formula is C20H26Cl2N4O2. The monoisotopic (exact) mass is 424 g/mol. The second kappa shape index (κ2) is 8.37. The topological polar surface area (TPSA) is 55.9 Å². The summed E-state index contributed by atoms with van der Waals surface area (Å²) in [6.45, 7) is 4.18.